The van der Waals surface area contributed by atoms with Gasteiger partial charge in [-0.2, -0.15) is 0 Å². The molecule has 1 N–H and O–H groups in total. The maximum Gasteiger partial charge on any atom is 0.246 e. The molecule has 0 saturated carbocycles. The molecule has 3 aromatic carbocycles. The number of rotatable bonds is 5. The fourth-order valence-electron chi connectivity index (χ4n) is 5.55. The van der Waals surface area contributed by atoms with Crippen LogP contribution in [0.5, 0.6) is 5.75 Å². The van der Waals surface area contributed by atoms with Crippen molar-refractivity contribution in [1.29, 1.82) is 0 Å². The Labute approximate surface area is 204 Å². The summed E-state index contributed by atoms with van der Waals surface area (Å²) < 4.78 is 5.35. The second-order valence-electron chi connectivity index (χ2n) is 9.25. The lowest BCUT2D eigenvalue weighted by Crippen LogP contribution is -2.63. The van der Waals surface area contributed by atoms with Gasteiger partial charge in [-0.1, -0.05) is 60.7 Å². The minimum atomic E-state index is -0.522. The van der Waals surface area contributed by atoms with Gasteiger partial charge in [0.15, 0.2) is 0 Å². The van der Waals surface area contributed by atoms with Crippen LogP contribution >= 0.6 is 0 Å². The van der Waals surface area contributed by atoms with Crippen molar-refractivity contribution in [3.63, 3.8) is 0 Å². The topological polar surface area (TPSA) is 65.6 Å². The number of fused-ring (bicyclic) bond motifs is 4. The van der Waals surface area contributed by atoms with E-state index >= 15 is 0 Å². The molecule has 2 amide bonds. The average Bonchev–Trinajstić information content (AvgIpc) is 3.28. The van der Waals surface area contributed by atoms with Crippen molar-refractivity contribution < 1.29 is 14.3 Å². The van der Waals surface area contributed by atoms with E-state index in [1.165, 1.54) is 0 Å². The van der Waals surface area contributed by atoms with Crippen LogP contribution in [0.1, 0.15) is 28.4 Å². The molecule has 3 heterocycles. The van der Waals surface area contributed by atoms with Gasteiger partial charge in [0.2, 0.25) is 11.8 Å². The van der Waals surface area contributed by atoms with Gasteiger partial charge in [0, 0.05) is 29.6 Å². The third-order valence-corrected chi connectivity index (χ3v) is 7.29. The molecule has 2 aliphatic rings. The van der Waals surface area contributed by atoms with Gasteiger partial charge in [-0.3, -0.25) is 9.59 Å². The highest BCUT2D eigenvalue weighted by molar-refractivity contribution is 5.97. The Morgan fingerprint density at radius 2 is 1.69 bits per heavy atom. The molecule has 0 aliphatic carbocycles. The Morgan fingerprint density at radius 1 is 0.943 bits per heavy atom. The number of H-pyrrole nitrogens is 1. The summed E-state index contributed by atoms with van der Waals surface area (Å²) in [7, 11) is 1.64. The first-order valence-corrected chi connectivity index (χ1v) is 12.0. The number of amides is 2. The lowest BCUT2D eigenvalue weighted by atomic mass is 9.86. The van der Waals surface area contributed by atoms with E-state index in [9.17, 15) is 9.59 Å². The number of benzene rings is 3. The van der Waals surface area contributed by atoms with Crippen LogP contribution in [0.3, 0.4) is 0 Å². The first-order valence-electron chi connectivity index (χ1n) is 12.0. The number of aromatic amines is 1. The number of para-hydroxylation sites is 1. The van der Waals surface area contributed by atoms with Crippen molar-refractivity contribution in [2.75, 3.05) is 20.2 Å². The molecule has 1 saturated heterocycles. The number of piperazine rings is 1. The molecular weight excluding hydrogens is 438 g/mol. The fourth-order valence-corrected chi connectivity index (χ4v) is 5.55. The highest BCUT2D eigenvalue weighted by Crippen LogP contribution is 2.42. The van der Waals surface area contributed by atoms with E-state index in [1.54, 1.807) is 16.9 Å². The molecule has 1 fully saturated rings. The van der Waals surface area contributed by atoms with E-state index in [0.29, 0.717) is 13.0 Å². The Balaban J connectivity index is 1.40. The van der Waals surface area contributed by atoms with Gasteiger partial charge < -0.3 is 19.5 Å². The highest BCUT2D eigenvalue weighted by atomic mass is 16.5. The first kappa shape index (κ1) is 21.5. The Morgan fingerprint density at radius 3 is 2.46 bits per heavy atom. The van der Waals surface area contributed by atoms with Crippen LogP contribution < -0.4 is 4.74 Å². The fraction of sp³-hybridized carbons (Fsp3) is 0.241. The zero-order valence-corrected chi connectivity index (χ0v) is 19.6. The maximum absolute atomic E-state index is 13.8. The van der Waals surface area contributed by atoms with Crippen molar-refractivity contribution in [2.45, 2.75) is 24.9 Å². The number of nitrogens with zero attached hydrogens (tertiary/aromatic N) is 2. The number of nitrogens with one attached hydrogen (secondary N) is 1. The van der Waals surface area contributed by atoms with E-state index in [1.807, 2.05) is 60.7 Å². The Bertz CT molecular complexity index is 1390. The predicted molar refractivity (Wildman–Crippen MR) is 134 cm³/mol. The largest absolute Gasteiger partial charge is 0.497 e. The smallest absolute Gasteiger partial charge is 0.246 e. The number of hydrogen-bond acceptors (Lipinski definition) is 3. The Kier molecular flexibility index (Phi) is 5.29. The van der Waals surface area contributed by atoms with Crippen LogP contribution in [0.25, 0.3) is 10.9 Å². The van der Waals surface area contributed by atoms with Gasteiger partial charge in [0.25, 0.3) is 0 Å². The van der Waals surface area contributed by atoms with Crippen molar-refractivity contribution in [3.8, 4) is 5.75 Å². The van der Waals surface area contributed by atoms with Gasteiger partial charge in [0.1, 0.15) is 11.8 Å². The van der Waals surface area contributed by atoms with E-state index < -0.39 is 6.04 Å². The van der Waals surface area contributed by atoms with Crippen molar-refractivity contribution in [3.05, 3.63) is 101 Å². The number of carbonyl (C=O) groups is 2. The predicted octanol–water partition coefficient (Wildman–Crippen LogP) is 4.10. The van der Waals surface area contributed by atoms with Crippen molar-refractivity contribution in [1.82, 2.24) is 14.8 Å². The summed E-state index contributed by atoms with van der Waals surface area (Å²) in [5, 5.41) is 1.11. The van der Waals surface area contributed by atoms with E-state index in [-0.39, 0.29) is 24.4 Å². The molecule has 6 rings (SSSR count). The van der Waals surface area contributed by atoms with Crippen molar-refractivity contribution in [2.24, 2.45) is 0 Å². The molecule has 2 unspecified atom stereocenters. The molecular formula is C29H27N3O3. The number of carbonyl (C=O) groups excluding carboxylic acids is 2. The number of methoxy groups -OCH3 is 1. The lowest BCUT2D eigenvalue weighted by Gasteiger charge is -2.47. The molecule has 6 heteroatoms. The van der Waals surface area contributed by atoms with E-state index in [4.69, 9.17) is 4.74 Å². The van der Waals surface area contributed by atoms with Crippen LogP contribution in [0.2, 0.25) is 0 Å². The first-order chi connectivity index (χ1) is 17.1. The maximum atomic E-state index is 13.8. The molecule has 0 bridgehead atoms. The number of aromatic nitrogens is 1. The summed E-state index contributed by atoms with van der Waals surface area (Å²) in [4.78, 5) is 34.5. The summed E-state index contributed by atoms with van der Waals surface area (Å²) in [5.41, 5.74) is 5.26. The summed E-state index contributed by atoms with van der Waals surface area (Å²) in [6.07, 6.45) is 1.24. The molecule has 4 aromatic rings. The SMILES string of the molecule is COc1ccc(C2c3[nH]c4ccccc4c3CC3C(=O)N(CCc4ccccc4)CC(=O)N32)cc1. The summed E-state index contributed by atoms with van der Waals surface area (Å²) in [5.74, 6) is 0.758. The monoisotopic (exact) mass is 465 g/mol. The van der Waals surface area contributed by atoms with Gasteiger partial charge in [-0.25, -0.2) is 0 Å². The lowest BCUT2D eigenvalue weighted by molar-refractivity contribution is -0.158. The molecule has 0 spiro atoms. The Hall–Kier alpha value is -4.06. The van der Waals surface area contributed by atoms with Crippen LogP contribution in [0.4, 0.5) is 0 Å². The van der Waals surface area contributed by atoms with Crippen LogP contribution in [-0.2, 0) is 22.4 Å². The quantitative estimate of drug-likeness (QED) is 0.483. The van der Waals surface area contributed by atoms with Crippen LogP contribution in [0.15, 0.2) is 78.9 Å². The minimum Gasteiger partial charge on any atom is -0.497 e. The van der Waals surface area contributed by atoms with Gasteiger partial charge >= 0.3 is 0 Å². The normalized spacial score (nSPS) is 19.6. The summed E-state index contributed by atoms with van der Waals surface area (Å²) in [6.45, 7) is 0.636. The van der Waals surface area contributed by atoms with Gasteiger partial charge in [-0.05, 0) is 41.3 Å². The molecule has 35 heavy (non-hydrogen) atoms. The second kappa shape index (κ2) is 8.62. The summed E-state index contributed by atoms with van der Waals surface area (Å²) >= 11 is 0. The van der Waals surface area contributed by atoms with Gasteiger partial charge in [0.05, 0.1) is 19.7 Å². The molecule has 1 aromatic heterocycles. The minimum absolute atomic E-state index is 0.0206. The number of hydrogen-bond donors (Lipinski definition) is 1. The number of ether oxygens (including phenoxy) is 1. The molecule has 176 valence electrons. The third kappa shape index (κ3) is 3.66. The highest BCUT2D eigenvalue weighted by Gasteiger charge is 2.48. The standard InChI is InChI=1S/C29H27N3O3/c1-35-21-13-11-20(12-14-21)28-27-23(22-9-5-6-10-24(22)30-27)17-25-29(34)31(18-26(33)32(25)28)16-15-19-7-3-2-4-8-19/h2-14,25,28,30H,15-18H2,1H3. The van der Waals surface area contributed by atoms with E-state index in [0.717, 1.165) is 45.5 Å². The third-order valence-electron chi connectivity index (χ3n) is 7.29. The van der Waals surface area contributed by atoms with Crippen molar-refractivity contribution >= 4 is 22.7 Å². The zero-order chi connectivity index (χ0) is 23.9. The molecule has 2 aliphatic heterocycles. The van der Waals surface area contributed by atoms with Crippen LogP contribution in [-0.4, -0.2) is 52.8 Å². The second-order valence-corrected chi connectivity index (χ2v) is 9.25. The van der Waals surface area contributed by atoms with Gasteiger partial charge in [-0.15, -0.1) is 0 Å². The molecule has 0 radical (unpaired) electrons. The molecule has 6 nitrogen and oxygen atoms in total. The summed E-state index contributed by atoms with van der Waals surface area (Å²) in [6, 6.07) is 25.2. The zero-order valence-electron chi connectivity index (χ0n) is 19.6. The average molecular weight is 466 g/mol. The molecule has 2 atom stereocenters. The van der Waals surface area contributed by atoms with E-state index in [2.05, 4.69) is 23.2 Å². The van der Waals surface area contributed by atoms with Crippen LogP contribution in [0, 0.1) is 0 Å².